The summed E-state index contributed by atoms with van der Waals surface area (Å²) in [6.45, 7) is 3.41. The minimum Gasteiger partial charge on any atom is -0.453 e. The molecule has 0 unspecified atom stereocenters. The number of rotatable bonds is 5. The average molecular weight is 324 g/mol. The summed E-state index contributed by atoms with van der Waals surface area (Å²) < 4.78 is 20.4. The molecule has 0 aliphatic rings. The van der Waals surface area contributed by atoms with Crippen LogP contribution in [-0.2, 0) is 6.54 Å². The van der Waals surface area contributed by atoms with Gasteiger partial charge in [-0.3, -0.25) is 0 Å². The molecule has 0 spiro atoms. The van der Waals surface area contributed by atoms with Crippen LogP contribution in [-0.4, -0.2) is 6.54 Å². The third kappa shape index (κ3) is 3.55. The van der Waals surface area contributed by atoms with Crippen LogP contribution in [0.3, 0.4) is 0 Å². The first-order chi connectivity index (χ1) is 9.22. The Balaban J connectivity index is 2.31. The quantitative estimate of drug-likeness (QED) is 0.875. The van der Waals surface area contributed by atoms with Crippen molar-refractivity contribution in [3.8, 4) is 11.5 Å². The van der Waals surface area contributed by atoms with Crippen molar-refractivity contribution in [2.75, 3.05) is 6.54 Å². The maximum absolute atomic E-state index is 13.9. The molecule has 100 valence electrons. The Morgan fingerprint density at radius 1 is 1.16 bits per heavy atom. The van der Waals surface area contributed by atoms with E-state index in [9.17, 15) is 4.39 Å². The molecule has 0 saturated carbocycles. The van der Waals surface area contributed by atoms with E-state index in [1.807, 2.05) is 31.2 Å². The fraction of sp³-hybridized carbons (Fsp3) is 0.200. The molecule has 0 radical (unpaired) electrons. The third-order valence-corrected chi connectivity index (χ3v) is 3.32. The summed E-state index contributed by atoms with van der Waals surface area (Å²) in [4.78, 5) is 0. The van der Waals surface area contributed by atoms with Gasteiger partial charge in [0.1, 0.15) is 5.75 Å². The molecule has 1 N–H and O–H groups in total. The van der Waals surface area contributed by atoms with Crippen molar-refractivity contribution in [2.24, 2.45) is 0 Å². The smallest absolute Gasteiger partial charge is 0.167 e. The molecule has 2 aromatic rings. The van der Waals surface area contributed by atoms with Gasteiger partial charge in [-0.1, -0.05) is 31.2 Å². The van der Waals surface area contributed by atoms with Crippen molar-refractivity contribution < 1.29 is 9.13 Å². The van der Waals surface area contributed by atoms with E-state index < -0.39 is 0 Å². The topological polar surface area (TPSA) is 21.3 Å². The summed E-state index contributed by atoms with van der Waals surface area (Å²) in [6, 6.07) is 12.4. The van der Waals surface area contributed by atoms with Gasteiger partial charge in [-0.05, 0) is 40.7 Å². The molecular weight excluding hydrogens is 309 g/mol. The van der Waals surface area contributed by atoms with Gasteiger partial charge in [0.25, 0.3) is 0 Å². The second kappa shape index (κ2) is 6.68. The van der Waals surface area contributed by atoms with Gasteiger partial charge in [0.2, 0.25) is 0 Å². The number of hydrogen-bond acceptors (Lipinski definition) is 2. The van der Waals surface area contributed by atoms with Gasteiger partial charge < -0.3 is 10.1 Å². The van der Waals surface area contributed by atoms with Crippen LogP contribution in [0, 0.1) is 5.82 Å². The average Bonchev–Trinajstić information content (AvgIpc) is 2.41. The molecule has 0 bridgehead atoms. The van der Waals surface area contributed by atoms with Gasteiger partial charge in [-0.15, -0.1) is 0 Å². The lowest BCUT2D eigenvalue weighted by molar-refractivity contribution is 0.432. The van der Waals surface area contributed by atoms with Gasteiger partial charge in [-0.2, -0.15) is 0 Å². The Morgan fingerprint density at radius 3 is 2.68 bits per heavy atom. The molecule has 0 amide bonds. The fourth-order valence-corrected chi connectivity index (χ4v) is 2.07. The maximum Gasteiger partial charge on any atom is 0.167 e. The van der Waals surface area contributed by atoms with E-state index in [1.54, 1.807) is 12.1 Å². The van der Waals surface area contributed by atoms with E-state index in [0.717, 1.165) is 16.6 Å². The molecule has 2 rings (SSSR count). The Kier molecular flexibility index (Phi) is 4.93. The lowest BCUT2D eigenvalue weighted by Gasteiger charge is -2.13. The highest BCUT2D eigenvalue weighted by molar-refractivity contribution is 9.10. The summed E-state index contributed by atoms with van der Waals surface area (Å²) >= 11 is 3.39. The molecule has 0 aliphatic heterocycles. The van der Waals surface area contributed by atoms with Gasteiger partial charge in [-0.25, -0.2) is 4.39 Å². The Hall–Kier alpha value is -1.39. The molecule has 0 aromatic heterocycles. The standard InChI is InChI=1S/C15H15BrFNO/c1-2-18-10-11-6-5-8-13(17)15(11)19-14-9-4-3-7-12(14)16/h3-9,18H,2,10H2,1H3. The highest BCUT2D eigenvalue weighted by atomic mass is 79.9. The Morgan fingerprint density at radius 2 is 1.95 bits per heavy atom. The highest BCUT2D eigenvalue weighted by Gasteiger charge is 2.12. The molecule has 0 aliphatic carbocycles. The molecule has 2 nitrogen and oxygen atoms in total. The van der Waals surface area contributed by atoms with Crippen LogP contribution in [0.15, 0.2) is 46.9 Å². The Labute approximate surface area is 120 Å². The van der Waals surface area contributed by atoms with E-state index in [2.05, 4.69) is 21.2 Å². The molecule has 4 heteroatoms. The number of halogens is 2. The lowest BCUT2D eigenvalue weighted by Crippen LogP contribution is -2.12. The van der Waals surface area contributed by atoms with Crippen LogP contribution in [0.4, 0.5) is 4.39 Å². The van der Waals surface area contributed by atoms with Crippen LogP contribution < -0.4 is 10.1 Å². The second-order valence-corrected chi connectivity index (χ2v) is 4.90. The van der Waals surface area contributed by atoms with Crippen LogP contribution >= 0.6 is 15.9 Å². The fourth-order valence-electron chi connectivity index (χ4n) is 1.70. The molecule has 2 aromatic carbocycles. The molecule has 0 fully saturated rings. The summed E-state index contributed by atoms with van der Waals surface area (Å²) in [5.41, 5.74) is 0.803. The minimum atomic E-state index is -0.355. The first kappa shape index (κ1) is 14.0. The number of ether oxygens (including phenoxy) is 1. The highest BCUT2D eigenvalue weighted by Crippen LogP contribution is 2.32. The van der Waals surface area contributed by atoms with E-state index in [4.69, 9.17) is 4.74 Å². The minimum absolute atomic E-state index is 0.273. The van der Waals surface area contributed by atoms with Crippen molar-refractivity contribution in [3.63, 3.8) is 0 Å². The molecule has 0 atom stereocenters. The van der Waals surface area contributed by atoms with Crippen LogP contribution in [0.5, 0.6) is 11.5 Å². The van der Waals surface area contributed by atoms with Crippen molar-refractivity contribution in [3.05, 3.63) is 58.3 Å². The Bertz CT molecular complexity index is 560. The largest absolute Gasteiger partial charge is 0.453 e. The van der Waals surface area contributed by atoms with Crippen LogP contribution in [0.25, 0.3) is 0 Å². The van der Waals surface area contributed by atoms with Gasteiger partial charge in [0.15, 0.2) is 11.6 Å². The third-order valence-electron chi connectivity index (χ3n) is 2.66. The number of para-hydroxylation sites is 2. The zero-order valence-corrected chi connectivity index (χ0v) is 12.2. The SMILES string of the molecule is CCNCc1cccc(F)c1Oc1ccccc1Br. The van der Waals surface area contributed by atoms with Crippen LogP contribution in [0.2, 0.25) is 0 Å². The molecule has 0 heterocycles. The molecule has 0 saturated heterocycles. The predicted molar refractivity (Wildman–Crippen MR) is 78.0 cm³/mol. The summed E-state index contributed by atoms with van der Waals surface area (Å²) in [5, 5.41) is 3.17. The maximum atomic E-state index is 13.9. The molecule has 19 heavy (non-hydrogen) atoms. The summed E-state index contributed by atoms with van der Waals surface area (Å²) in [5.74, 6) is 0.520. The van der Waals surface area contributed by atoms with Crippen LogP contribution in [0.1, 0.15) is 12.5 Å². The number of hydrogen-bond donors (Lipinski definition) is 1. The monoisotopic (exact) mass is 323 g/mol. The van der Waals surface area contributed by atoms with E-state index in [1.165, 1.54) is 6.07 Å². The first-order valence-corrected chi connectivity index (χ1v) is 6.92. The summed E-state index contributed by atoms with van der Waals surface area (Å²) in [6.07, 6.45) is 0. The summed E-state index contributed by atoms with van der Waals surface area (Å²) in [7, 11) is 0. The predicted octanol–water partition coefficient (Wildman–Crippen LogP) is 4.49. The zero-order chi connectivity index (χ0) is 13.7. The first-order valence-electron chi connectivity index (χ1n) is 6.13. The van der Waals surface area contributed by atoms with E-state index in [0.29, 0.717) is 12.3 Å². The van der Waals surface area contributed by atoms with E-state index >= 15 is 0 Å². The van der Waals surface area contributed by atoms with Gasteiger partial charge in [0, 0.05) is 12.1 Å². The zero-order valence-electron chi connectivity index (χ0n) is 10.6. The van der Waals surface area contributed by atoms with Crippen molar-refractivity contribution in [1.29, 1.82) is 0 Å². The van der Waals surface area contributed by atoms with E-state index in [-0.39, 0.29) is 11.6 Å². The van der Waals surface area contributed by atoms with Gasteiger partial charge in [0.05, 0.1) is 4.47 Å². The van der Waals surface area contributed by atoms with Crippen molar-refractivity contribution in [1.82, 2.24) is 5.32 Å². The lowest BCUT2D eigenvalue weighted by atomic mass is 10.2. The number of nitrogens with one attached hydrogen (secondary N) is 1. The number of benzene rings is 2. The normalized spacial score (nSPS) is 10.5. The van der Waals surface area contributed by atoms with Gasteiger partial charge >= 0.3 is 0 Å². The van der Waals surface area contributed by atoms with Crippen molar-refractivity contribution >= 4 is 15.9 Å². The van der Waals surface area contributed by atoms with Crippen molar-refractivity contribution in [2.45, 2.75) is 13.5 Å². The second-order valence-electron chi connectivity index (χ2n) is 4.04. The molecular formula is C15H15BrFNO.